The number of aromatic nitrogens is 1. The smallest absolute Gasteiger partial charge is 0.335 e. The van der Waals surface area contributed by atoms with Crippen LogP contribution in [0, 0.1) is 0 Å². The second-order valence-electron chi connectivity index (χ2n) is 6.65. The fourth-order valence-corrected chi connectivity index (χ4v) is 3.25. The van der Waals surface area contributed by atoms with Crippen molar-refractivity contribution in [1.29, 1.82) is 0 Å². The summed E-state index contributed by atoms with van der Waals surface area (Å²) in [5.41, 5.74) is 4.76. The Morgan fingerprint density at radius 3 is 1.57 bits per heavy atom. The van der Waals surface area contributed by atoms with Crippen LogP contribution in [0.2, 0.25) is 10.0 Å². The zero-order valence-corrected chi connectivity index (χ0v) is 17.2. The molecule has 0 unspecified atom stereocenters. The van der Waals surface area contributed by atoms with Crippen molar-refractivity contribution in [2.75, 3.05) is 5.32 Å². The molecule has 0 amide bonds. The minimum Gasteiger partial charge on any atom is -0.478 e. The third-order valence-electron chi connectivity index (χ3n) is 4.53. The number of carboxylic acid groups (broad SMARTS) is 1. The van der Waals surface area contributed by atoms with Gasteiger partial charge in [-0.3, -0.25) is 0 Å². The Bertz CT molecular complexity index is 1190. The summed E-state index contributed by atoms with van der Waals surface area (Å²) in [5, 5.41) is 14.1. The summed E-state index contributed by atoms with van der Waals surface area (Å²) in [6.07, 6.45) is 0. The average Bonchev–Trinajstić information content (AvgIpc) is 2.76. The summed E-state index contributed by atoms with van der Waals surface area (Å²) in [7, 11) is 0. The van der Waals surface area contributed by atoms with Crippen molar-refractivity contribution in [3.05, 3.63) is 101 Å². The third kappa shape index (κ3) is 4.62. The summed E-state index contributed by atoms with van der Waals surface area (Å²) >= 11 is 11.9. The van der Waals surface area contributed by atoms with E-state index in [-0.39, 0.29) is 5.56 Å². The lowest BCUT2D eigenvalue weighted by Crippen LogP contribution is -2.00. The van der Waals surface area contributed by atoms with E-state index in [0.29, 0.717) is 21.4 Å². The number of benzene rings is 3. The van der Waals surface area contributed by atoms with Gasteiger partial charge in [-0.05, 0) is 60.7 Å². The lowest BCUT2D eigenvalue weighted by Gasteiger charge is -2.10. The van der Waals surface area contributed by atoms with Gasteiger partial charge in [0.15, 0.2) is 0 Å². The lowest BCUT2D eigenvalue weighted by atomic mass is 10.0. The molecule has 148 valence electrons. The van der Waals surface area contributed by atoms with Gasteiger partial charge in [-0.15, -0.1) is 0 Å². The molecular weight excluding hydrogens is 419 g/mol. The number of aromatic carboxylic acids is 1. The van der Waals surface area contributed by atoms with Crippen LogP contribution >= 0.6 is 23.2 Å². The van der Waals surface area contributed by atoms with Gasteiger partial charge in [0.05, 0.1) is 17.0 Å². The maximum absolute atomic E-state index is 11.6. The van der Waals surface area contributed by atoms with Gasteiger partial charge in [0.1, 0.15) is 0 Å². The van der Waals surface area contributed by atoms with Crippen LogP contribution in [-0.2, 0) is 0 Å². The summed E-state index contributed by atoms with van der Waals surface area (Å²) in [5.74, 6) is -1.00. The van der Waals surface area contributed by atoms with E-state index in [2.05, 4.69) is 10.3 Å². The van der Waals surface area contributed by atoms with Crippen molar-refractivity contribution in [3.8, 4) is 22.5 Å². The van der Waals surface area contributed by atoms with E-state index in [9.17, 15) is 9.90 Å². The monoisotopic (exact) mass is 434 g/mol. The number of halogens is 2. The Balaban J connectivity index is 1.66. The number of hydrogen-bond acceptors (Lipinski definition) is 3. The molecule has 0 aliphatic carbocycles. The summed E-state index contributed by atoms with van der Waals surface area (Å²) in [4.78, 5) is 16.3. The molecule has 0 bridgehead atoms. The first kappa shape index (κ1) is 20.0. The molecule has 30 heavy (non-hydrogen) atoms. The number of nitrogens with one attached hydrogen (secondary N) is 1. The van der Waals surface area contributed by atoms with Crippen molar-refractivity contribution in [2.24, 2.45) is 0 Å². The normalized spacial score (nSPS) is 10.6. The molecular formula is C24H16Cl2N2O2. The molecule has 2 N–H and O–H groups in total. The van der Waals surface area contributed by atoms with Crippen LogP contribution < -0.4 is 5.32 Å². The highest BCUT2D eigenvalue weighted by Crippen LogP contribution is 2.27. The number of anilines is 2. The van der Waals surface area contributed by atoms with Crippen molar-refractivity contribution < 1.29 is 9.90 Å². The molecule has 0 radical (unpaired) electrons. The maximum atomic E-state index is 11.6. The Morgan fingerprint density at radius 1 is 0.700 bits per heavy atom. The largest absolute Gasteiger partial charge is 0.478 e. The van der Waals surface area contributed by atoms with Gasteiger partial charge in [0, 0.05) is 32.5 Å². The highest BCUT2D eigenvalue weighted by atomic mass is 35.5. The zero-order valence-electron chi connectivity index (χ0n) is 15.6. The predicted octanol–water partition coefficient (Wildman–Crippen LogP) is 7.16. The fourth-order valence-electron chi connectivity index (χ4n) is 2.99. The van der Waals surface area contributed by atoms with Crippen molar-refractivity contribution >= 4 is 40.5 Å². The molecule has 0 saturated heterocycles. The Morgan fingerprint density at radius 2 is 1.10 bits per heavy atom. The topological polar surface area (TPSA) is 62.2 Å². The summed E-state index contributed by atoms with van der Waals surface area (Å²) in [6.45, 7) is 0. The van der Waals surface area contributed by atoms with E-state index in [4.69, 9.17) is 23.2 Å². The van der Waals surface area contributed by atoms with Gasteiger partial charge >= 0.3 is 5.97 Å². The number of rotatable bonds is 5. The molecule has 0 aliphatic rings. The molecule has 4 rings (SSSR count). The first-order valence-electron chi connectivity index (χ1n) is 9.12. The number of nitrogens with zero attached hydrogens (tertiary/aromatic N) is 1. The van der Waals surface area contributed by atoms with E-state index in [0.717, 1.165) is 22.5 Å². The minimum atomic E-state index is -1.00. The molecule has 0 spiro atoms. The number of carboxylic acids is 1. The summed E-state index contributed by atoms with van der Waals surface area (Å²) in [6, 6.07) is 25.3. The maximum Gasteiger partial charge on any atom is 0.335 e. The Labute approximate surface area is 183 Å². The molecule has 0 saturated carbocycles. The molecule has 0 aliphatic heterocycles. The first-order valence-corrected chi connectivity index (χ1v) is 9.88. The molecule has 0 fully saturated rings. The molecule has 1 heterocycles. The fraction of sp³-hybridized carbons (Fsp3) is 0. The van der Waals surface area contributed by atoms with E-state index < -0.39 is 5.97 Å². The molecule has 1 aromatic heterocycles. The first-order chi connectivity index (χ1) is 14.5. The Hall–Kier alpha value is -3.34. The van der Waals surface area contributed by atoms with Gasteiger partial charge in [-0.25, -0.2) is 9.78 Å². The molecule has 3 aromatic carbocycles. The Kier molecular flexibility index (Phi) is 5.70. The van der Waals surface area contributed by atoms with Crippen molar-refractivity contribution in [2.45, 2.75) is 0 Å². The van der Waals surface area contributed by atoms with E-state index in [1.54, 1.807) is 24.3 Å². The second kappa shape index (κ2) is 8.57. The van der Waals surface area contributed by atoms with Crippen LogP contribution in [0.3, 0.4) is 0 Å². The lowest BCUT2D eigenvalue weighted by molar-refractivity contribution is 0.0697. The second-order valence-corrected chi connectivity index (χ2v) is 7.52. The number of hydrogen-bond donors (Lipinski definition) is 2. The highest BCUT2D eigenvalue weighted by molar-refractivity contribution is 6.30. The standard InChI is InChI=1S/C24H16Cl2N2O2/c25-18-5-1-15(2-6-18)22-13-17(24(29)30)14-23(28-22)16-3-9-20(10-4-16)27-21-11-7-19(26)8-12-21/h1-14,27H,(H,29,30). The van der Waals surface area contributed by atoms with Crippen LogP contribution in [0.1, 0.15) is 10.4 Å². The predicted molar refractivity (Wildman–Crippen MR) is 122 cm³/mol. The van der Waals surface area contributed by atoms with Gasteiger partial charge in [0.2, 0.25) is 0 Å². The average molecular weight is 435 g/mol. The zero-order chi connectivity index (χ0) is 21.1. The molecule has 6 heteroatoms. The van der Waals surface area contributed by atoms with E-state index in [1.807, 2.05) is 60.7 Å². The minimum absolute atomic E-state index is 0.174. The third-order valence-corrected chi connectivity index (χ3v) is 5.03. The van der Waals surface area contributed by atoms with Crippen LogP contribution in [0.4, 0.5) is 11.4 Å². The quantitative estimate of drug-likeness (QED) is 0.349. The van der Waals surface area contributed by atoms with Crippen molar-refractivity contribution in [1.82, 2.24) is 4.98 Å². The van der Waals surface area contributed by atoms with Gasteiger partial charge in [-0.2, -0.15) is 0 Å². The van der Waals surface area contributed by atoms with Crippen molar-refractivity contribution in [3.63, 3.8) is 0 Å². The number of carbonyl (C=O) groups is 1. The molecule has 4 aromatic rings. The van der Waals surface area contributed by atoms with Gasteiger partial charge in [0.25, 0.3) is 0 Å². The molecule has 4 nitrogen and oxygen atoms in total. The highest BCUT2D eigenvalue weighted by Gasteiger charge is 2.11. The van der Waals surface area contributed by atoms with Gasteiger partial charge < -0.3 is 10.4 Å². The van der Waals surface area contributed by atoms with Crippen LogP contribution in [-0.4, -0.2) is 16.1 Å². The van der Waals surface area contributed by atoms with Crippen LogP contribution in [0.25, 0.3) is 22.5 Å². The SMILES string of the molecule is O=C(O)c1cc(-c2ccc(Cl)cc2)nc(-c2ccc(Nc3ccc(Cl)cc3)cc2)c1. The van der Waals surface area contributed by atoms with Crippen LogP contribution in [0.15, 0.2) is 84.9 Å². The van der Waals surface area contributed by atoms with Crippen LogP contribution in [0.5, 0.6) is 0 Å². The molecule has 0 atom stereocenters. The number of pyridine rings is 1. The summed E-state index contributed by atoms with van der Waals surface area (Å²) < 4.78 is 0. The van der Waals surface area contributed by atoms with Gasteiger partial charge in [-0.1, -0.05) is 47.5 Å². The van der Waals surface area contributed by atoms with E-state index >= 15 is 0 Å². The van der Waals surface area contributed by atoms with E-state index in [1.165, 1.54) is 0 Å².